The topological polar surface area (TPSA) is 52.6 Å². The molecular formula is C36H60N2O2. The number of hydrogen-bond acceptors (Lipinski definition) is 3. The Hall–Kier alpha value is -0.870. The van der Waals surface area contributed by atoms with E-state index in [0.717, 1.165) is 45.3 Å². The molecule has 1 saturated heterocycles. The van der Waals surface area contributed by atoms with Crippen molar-refractivity contribution < 1.29 is 9.90 Å². The fraction of sp³-hybridized carbons (Fsp3) is 0.917. The third-order valence-corrected chi connectivity index (χ3v) is 15.5. The second kappa shape index (κ2) is 9.57. The van der Waals surface area contributed by atoms with Gasteiger partial charge in [-0.1, -0.05) is 46.8 Å². The number of amides is 1. The third kappa shape index (κ3) is 3.85. The van der Waals surface area contributed by atoms with Crippen molar-refractivity contribution in [3.05, 3.63) is 12.2 Å². The summed E-state index contributed by atoms with van der Waals surface area (Å²) in [6.45, 7) is 22.5. The molecule has 0 aromatic rings. The molecule has 11 atom stereocenters. The van der Waals surface area contributed by atoms with Gasteiger partial charge in [-0.25, -0.2) is 0 Å². The maximum Gasteiger partial charge on any atom is 0.226 e. The Balaban J connectivity index is 1.31. The van der Waals surface area contributed by atoms with Gasteiger partial charge in [-0.2, -0.15) is 0 Å². The van der Waals surface area contributed by atoms with Gasteiger partial charge in [-0.15, -0.1) is 0 Å². The molecule has 6 aliphatic rings. The highest BCUT2D eigenvalue weighted by molar-refractivity contribution is 5.84. The highest BCUT2D eigenvalue weighted by atomic mass is 16.3. The second-order valence-corrected chi connectivity index (χ2v) is 17.3. The Labute approximate surface area is 245 Å². The van der Waals surface area contributed by atoms with Crippen LogP contribution in [0.25, 0.3) is 0 Å². The van der Waals surface area contributed by atoms with Gasteiger partial charge in [0.15, 0.2) is 0 Å². The van der Waals surface area contributed by atoms with Gasteiger partial charge in [0.05, 0.1) is 11.5 Å². The first kappa shape index (κ1) is 29.2. The summed E-state index contributed by atoms with van der Waals surface area (Å²) in [6.07, 6.45) is 12.7. The molecule has 6 rings (SSSR count). The fourth-order valence-corrected chi connectivity index (χ4v) is 13.1. The van der Waals surface area contributed by atoms with E-state index in [-0.39, 0.29) is 22.3 Å². The van der Waals surface area contributed by atoms with Crippen LogP contribution in [-0.4, -0.2) is 48.7 Å². The quantitative estimate of drug-likeness (QED) is 0.367. The maximum absolute atomic E-state index is 14.3. The van der Waals surface area contributed by atoms with Crippen LogP contribution in [-0.2, 0) is 4.79 Å². The van der Waals surface area contributed by atoms with Crippen LogP contribution in [0.4, 0.5) is 0 Å². The molecule has 5 saturated carbocycles. The van der Waals surface area contributed by atoms with Crippen molar-refractivity contribution in [3.63, 3.8) is 0 Å². The average Bonchev–Trinajstić information content (AvgIpc) is 3.50. The number of allylic oxidation sites excluding steroid dienone is 1. The fourth-order valence-electron chi connectivity index (χ4n) is 13.1. The van der Waals surface area contributed by atoms with E-state index in [1.165, 1.54) is 50.5 Å². The van der Waals surface area contributed by atoms with Crippen LogP contribution in [0.5, 0.6) is 0 Å². The summed E-state index contributed by atoms with van der Waals surface area (Å²) in [7, 11) is 2.20. The van der Waals surface area contributed by atoms with Crippen LogP contribution >= 0.6 is 0 Å². The van der Waals surface area contributed by atoms with Crippen molar-refractivity contribution in [1.29, 1.82) is 0 Å². The molecule has 0 aromatic carbocycles. The highest BCUT2D eigenvalue weighted by Gasteiger charge is 2.71. The smallest absolute Gasteiger partial charge is 0.226 e. The lowest BCUT2D eigenvalue weighted by Crippen LogP contribution is -2.67. The van der Waals surface area contributed by atoms with Gasteiger partial charge in [-0.3, -0.25) is 4.79 Å². The summed E-state index contributed by atoms with van der Waals surface area (Å²) in [5, 5.41) is 14.6. The van der Waals surface area contributed by atoms with Crippen molar-refractivity contribution in [1.82, 2.24) is 10.2 Å². The SMILES string of the molecule is C=C(C)[C@@H]1CC[C@]2(C(=O)NC[C@H]3CCN(C)C3)CC[C@]3(C)[C@H](CC[C@@H]4[C@@]5(C)CC[C@H](O)C(C)(C)[C@@H]5CC[C@]43C)[C@@H]12. The van der Waals surface area contributed by atoms with Crippen LogP contribution in [0.15, 0.2) is 12.2 Å². The van der Waals surface area contributed by atoms with Gasteiger partial charge in [0.2, 0.25) is 5.91 Å². The number of aliphatic hydroxyl groups is 1. The number of carbonyl (C=O) groups is 1. The first-order valence-corrected chi connectivity index (χ1v) is 17.0. The number of rotatable bonds is 4. The minimum atomic E-state index is -0.209. The molecule has 6 fully saturated rings. The molecule has 0 radical (unpaired) electrons. The summed E-state index contributed by atoms with van der Waals surface area (Å²) in [4.78, 5) is 16.7. The van der Waals surface area contributed by atoms with E-state index in [1.54, 1.807) is 0 Å². The van der Waals surface area contributed by atoms with Crippen molar-refractivity contribution in [2.75, 3.05) is 26.7 Å². The number of nitrogens with one attached hydrogen (secondary N) is 1. The molecule has 0 spiro atoms. The third-order valence-electron chi connectivity index (χ3n) is 15.5. The van der Waals surface area contributed by atoms with Gasteiger partial charge in [0.1, 0.15) is 0 Å². The summed E-state index contributed by atoms with van der Waals surface area (Å²) < 4.78 is 0. The van der Waals surface area contributed by atoms with E-state index in [0.29, 0.717) is 52.2 Å². The number of carbonyl (C=O) groups excluding carboxylic acids is 1. The van der Waals surface area contributed by atoms with E-state index < -0.39 is 0 Å². The maximum atomic E-state index is 14.3. The number of likely N-dealkylation sites (tertiary alicyclic amines) is 1. The number of aliphatic hydroxyl groups excluding tert-OH is 1. The first-order chi connectivity index (χ1) is 18.7. The molecule has 0 bridgehead atoms. The number of nitrogens with zero attached hydrogens (tertiary/aromatic N) is 1. The molecule has 226 valence electrons. The molecule has 1 aliphatic heterocycles. The Bertz CT molecular complexity index is 1040. The minimum Gasteiger partial charge on any atom is -0.393 e. The summed E-state index contributed by atoms with van der Waals surface area (Å²) >= 11 is 0. The molecule has 4 heteroatoms. The van der Waals surface area contributed by atoms with Crippen molar-refractivity contribution in [2.45, 2.75) is 118 Å². The molecule has 1 amide bonds. The molecule has 1 heterocycles. The van der Waals surface area contributed by atoms with Gasteiger partial charge < -0.3 is 15.3 Å². The van der Waals surface area contributed by atoms with Crippen LogP contribution in [0.1, 0.15) is 112 Å². The van der Waals surface area contributed by atoms with Gasteiger partial charge in [0.25, 0.3) is 0 Å². The number of hydrogen-bond donors (Lipinski definition) is 2. The van der Waals surface area contributed by atoms with Crippen molar-refractivity contribution >= 4 is 5.91 Å². The van der Waals surface area contributed by atoms with E-state index >= 15 is 0 Å². The van der Waals surface area contributed by atoms with E-state index in [9.17, 15) is 9.90 Å². The van der Waals surface area contributed by atoms with Crippen LogP contribution in [0.3, 0.4) is 0 Å². The standard InChI is InChI=1S/C36H60N2O2/c1-23(2)25-11-17-36(31(40)37-21-24-14-20-38(8)22-24)19-18-34(6)26(30(25)36)9-10-28-33(5)15-13-29(39)32(3,4)27(33)12-16-35(28,34)7/h24-30,39H,1,9-22H2,2-8H3,(H,37,40)/t24-,25+,26-,27+,28-,29+,30-,33+,34-,35-,36+/m1/s1. The van der Waals surface area contributed by atoms with E-state index in [1.807, 2.05) is 0 Å². The Kier molecular flexibility index (Phi) is 6.99. The zero-order valence-corrected chi connectivity index (χ0v) is 27.0. The van der Waals surface area contributed by atoms with E-state index in [4.69, 9.17) is 0 Å². The summed E-state index contributed by atoms with van der Waals surface area (Å²) in [6, 6.07) is 0. The monoisotopic (exact) mass is 552 g/mol. The largest absolute Gasteiger partial charge is 0.393 e. The Morgan fingerprint density at radius 1 is 0.900 bits per heavy atom. The number of fused-ring (bicyclic) bond motifs is 7. The van der Waals surface area contributed by atoms with Gasteiger partial charge in [0, 0.05) is 13.1 Å². The first-order valence-electron chi connectivity index (χ1n) is 17.0. The predicted molar refractivity (Wildman–Crippen MR) is 164 cm³/mol. The average molecular weight is 553 g/mol. The Morgan fingerprint density at radius 3 is 2.33 bits per heavy atom. The normalized spacial score (nSPS) is 51.8. The molecular weight excluding hydrogens is 492 g/mol. The summed E-state index contributed by atoms with van der Waals surface area (Å²) in [5.41, 5.74) is 1.94. The zero-order chi connectivity index (χ0) is 28.9. The molecule has 2 N–H and O–H groups in total. The molecule has 0 aromatic heterocycles. The predicted octanol–water partition coefficient (Wildman–Crippen LogP) is 7.07. The molecule has 4 nitrogen and oxygen atoms in total. The van der Waals surface area contributed by atoms with Crippen LogP contribution < -0.4 is 5.32 Å². The van der Waals surface area contributed by atoms with Crippen LogP contribution in [0.2, 0.25) is 0 Å². The molecule has 0 unspecified atom stereocenters. The van der Waals surface area contributed by atoms with Crippen LogP contribution in [0, 0.1) is 62.6 Å². The molecule has 5 aliphatic carbocycles. The van der Waals surface area contributed by atoms with Gasteiger partial charge >= 0.3 is 0 Å². The Morgan fingerprint density at radius 2 is 1.65 bits per heavy atom. The lowest BCUT2D eigenvalue weighted by atomic mass is 9.32. The summed E-state index contributed by atoms with van der Waals surface area (Å²) in [5.74, 6) is 3.78. The highest BCUT2D eigenvalue weighted by Crippen LogP contribution is 2.77. The zero-order valence-electron chi connectivity index (χ0n) is 27.0. The lowest BCUT2D eigenvalue weighted by Gasteiger charge is -2.72. The second-order valence-electron chi connectivity index (χ2n) is 17.3. The van der Waals surface area contributed by atoms with Crippen molar-refractivity contribution in [2.24, 2.45) is 62.6 Å². The van der Waals surface area contributed by atoms with Crippen molar-refractivity contribution in [3.8, 4) is 0 Å². The molecule has 40 heavy (non-hydrogen) atoms. The van der Waals surface area contributed by atoms with E-state index in [2.05, 4.69) is 65.4 Å². The van der Waals surface area contributed by atoms with Gasteiger partial charge in [-0.05, 0) is 148 Å². The lowest BCUT2D eigenvalue weighted by molar-refractivity contribution is -0.246. The minimum absolute atomic E-state index is 0.00346.